The molecule has 0 aliphatic rings. The average molecular weight is 206 g/mol. The normalized spacial score (nSPS) is 10.4. The van der Waals surface area contributed by atoms with Crippen LogP contribution in [-0.4, -0.2) is 15.1 Å². The van der Waals surface area contributed by atoms with Crippen LogP contribution in [0.1, 0.15) is 11.8 Å². The van der Waals surface area contributed by atoms with E-state index >= 15 is 0 Å². The molecule has 0 bridgehead atoms. The Balaban J connectivity index is 2.43. The van der Waals surface area contributed by atoms with Crippen molar-refractivity contribution in [3.63, 3.8) is 0 Å². The summed E-state index contributed by atoms with van der Waals surface area (Å²) in [4.78, 5) is 8.96. The Morgan fingerprint density at radius 2 is 2.07 bits per heavy atom. The first kappa shape index (κ1) is 9.15. The predicted molar refractivity (Wildman–Crippen MR) is 56.4 cm³/mol. The third-order valence-electron chi connectivity index (χ3n) is 1.93. The van der Waals surface area contributed by atoms with Crippen LogP contribution in [0.5, 0.6) is 5.88 Å². The van der Waals surface area contributed by atoms with Crippen LogP contribution in [0.3, 0.4) is 0 Å². The third kappa shape index (κ3) is 1.61. The summed E-state index contributed by atoms with van der Waals surface area (Å²) in [6, 6.07) is 3.77. The van der Waals surface area contributed by atoms with Crippen LogP contribution < -0.4 is 0 Å². The summed E-state index contributed by atoms with van der Waals surface area (Å²) in [7, 11) is 0. The van der Waals surface area contributed by atoms with Crippen molar-refractivity contribution < 1.29 is 5.11 Å². The molecule has 4 heteroatoms. The van der Waals surface area contributed by atoms with Gasteiger partial charge in [-0.15, -0.1) is 11.3 Å². The van der Waals surface area contributed by atoms with Crippen molar-refractivity contribution in [3.8, 4) is 16.5 Å². The number of hydrogen-bond acceptors (Lipinski definition) is 4. The first-order valence-electron chi connectivity index (χ1n) is 4.40. The summed E-state index contributed by atoms with van der Waals surface area (Å²) in [5, 5.41) is 10.3. The lowest BCUT2D eigenvalue weighted by atomic mass is 10.3. The Hall–Kier alpha value is -1.42. The van der Waals surface area contributed by atoms with Gasteiger partial charge in [-0.2, -0.15) is 0 Å². The highest BCUT2D eigenvalue weighted by Crippen LogP contribution is 2.31. The molecular formula is C10H10N2OS. The Bertz CT molecular complexity index is 425. The molecule has 2 heterocycles. The monoisotopic (exact) mass is 206 g/mol. The molecule has 0 unspecified atom stereocenters. The zero-order chi connectivity index (χ0) is 9.97. The van der Waals surface area contributed by atoms with Crippen molar-refractivity contribution in [3.05, 3.63) is 29.4 Å². The Kier molecular flexibility index (Phi) is 2.45. The van der Waals surface area contributed by atoms with Gasteiger partial charge in [0, 0.05) is 18.0 Å². The molecule has 2 aromatic heterocycles. The van der Waals surface area contributed by atoms with Crippen molar-refractivity contribution in [2.24, 2.45) is 0 Å². The van der Waals surface area contributed by atoms with Gasteiger partial charge in [-0.3, -0.25) is 4.98 Å². The highest BCUT2D eigenvalue weighted by Gasteiger charge is 2.09. The van der Waals surface area contributed by atoms with Gasteiger partial charge in [-0.1, -0.05) is 6.92 Å². The first-order chi connectivity index (χ1) is 6.81. The molecule has 0 aliphatic heterocycles. The topological polar surface area (TPSA) is 46.0 Å². The highest BCUT2D eigenvalue weighted by molar-refractivity contribution is 7.15. The van der Waals surface area contributed by atoms with Crippen LogP contribution in [0.2, 0.25) is 0 Å². The molecule has 0 saturated carbocycles. The van der Waals surface area contributed by atoms with E-state index < -0.39 is 0 Å². The second kappa shape index (κ2) is 3.75. The zero-order valence-corrected chi connectivity index (χ0v) is 8.58. The molecule has 2 rings (SSSR count). The Morgan fingerprint density at radius 3 is 2.64 bits per heavy atom. The fourth-order valence-corrected chi connectivity index (χ4v) is 2.09. The molecule has 1 N–H and O–H groups in total. The van der Waals surface area contributed by atoms with Gasteiger partial charge in [0.25, 0.3) is 0 Å². The minimum Gasteiger partial charge on any atom is -0.492 e. The van der Waals surface area contributed by atoms with Gasteiger partial charge >= 0.3 is 0 Å². The number of pyridine rings is 1. The van der Waals surface area contributed by atoms with Crippen LogP contribution in [0.25, 0.3) is 10.6 Å². The predicted octanol–water partition coefficient (Wildman–Crippen LogP) is 2.47. The first-order valence-corrected chi connectivity index (χ1v) is 5.22. The summed E-state index contributed by atoms with van der Waals surface area (Å²) in [5.41, 5.74) is 1.00. The zero-order valence-electron chi connectivity index (χ0n) is 7.77. The van der Waals surface area contributed by atoms with E-state index in [1.54, 1.807) is 12.4 Å². The Morgan fingerprint density at radius 1 is 1.36 bits per heavy atom. The van der Waals surface area contributed by atoms with Gasteiger partial charge in [0.05, 0.1) is 4.88 Å². The van der Waals surface area contributed by atoms with Gasteiger partial charge in [0.2, 0.25) is 5.88 Å². The number of hydrogen-bond donors (Lipinski definition) is 1. The number of aryl methyl sites for hydroxylation is 1. The van der Waals surface area contributed by atoms with Crippen LogP contribution in [-0.2, 0) is 6.42 Å². The number of rotatable bonds is 2. The van der Waals surface area contributed by atoms with Crippen molar-refractivity contribution in [1.29, 1.82) is 0 Å². The van der Waals surface area contributed by atoms with E-state index in [-0.39, 0.29) is 5.88 Å². The average Bonchev–Trinajstić information content (AvgIpc) is 2.61. The molecule has 14 heavy (non-hydrogen) atoms. The van der Waals surface area contributed by atoms with Crippen LogP contribution in [0.15, 0.2) is 24.5 Å². The van der Waals surface area contributed by atoms with Crippen molar-refractivity contribution in [2.45, 2.75) is 13.3 Å². The summed E-state index contributed by atoms with van der Waals surface area (Å²) >= 11 is 1.52. The summed E-state index contributed by atoms with van der Waals surface area (Å²) in [6.07, 6.45) is 4.26. The molecule has 2 aromatic rings. The Labute approximate surface area is 86.1 Å². The maximum Gasteiger partial charge on any atom is 0.225 e. The quantitative estimate of drug-likeness (QED) is 0.821. The smallest absolute Gasteiger partial charge is 0.225 e. The van der Waals surface area contributed by atoms with Crippen molar-refractivity contribution in [2.75, 3.05) is 0 Å². The minimum absolute atomic E-state index is 0.157. The summed E-state index contributed by atoms with van der Waals surface area (Å²) in [6.45, 7) is 2.00. The maximum atomic E-state index is 9.48. The van der Waals surface area contributed by atoms with E-state index in [4.69, 9.17) is 0 Å². The van der Waals surface area contributed by atoms with Gasteiger partial charge in [-0.25, -0.2) is 4.98 Å². The number of thiazole rings is 1. The molecule has 0 aliphatic carbocycles. The summed E-state index contributed by atoms with van der Waals surface area (Å²) in [5.74, 6) is 0.157. The molecule has 0 fully saturated rings. The van der Waals surface area contributed by atoms with E-state index in [0.717, 1.165) is 21.9 Å². The standard InChI is InChI=1S/C10H10N2OS/c1-2-8-9(13)12-10(14-8)7-3-5-11-6-4-7/h3-6,13H,2H2,1H3. The fraction of sp³-hybridized carbons (Fsp3) is 0.200. The van der Waals surface area contributed by atoms with E-state index in [1.165, 1.54) is 11.3 Å². The number of aromatic hydroxyl groups is 1. The SMILES string of the molecule is CCc1sc(-c2ccncc2)nc1O. The lowest BCUT2D eigenvalue weighted by molar-refractivity contribution is 0.452. The van der Waals surface area contributed by atoms with Crippen LogP contribution in [0, 0.1) is 0 Å². The number of aromatic nitrogens is 2. The van der Waals surface area contributed by atoms with Crippen LogP contribution in [0.4, 0.5) is 0 Å². The molecule has 3 nitrogen and oxygen atoms in total. The van der Waals surface area contributed by atoms with E-state index in [9.17, 15) is 5.11 Å². The van der Waals surface area contributed by atoms with Crippen molar-refractivity contribution in [1.82, 2.24) is 9.97 Å². The molecule has 0 atom stereocenters. The summed E-state index contributed by atoms with van der Waals surface area (Å²) < 4.78 is 0. The molecule has 0 amide bonds. The lowest BCUT2D eigenvalue weighted by Gasteiger charge is -1.91. The molecule has 72 valence electrons. The third-order valence-corrected chi connectivity index (χ3v) is 3.16. The van der Waals surface area contributed by atoms with E-state index in [2.05, 4.69) is 9.97 Å². The second-order valence-corrected chi connectivity index (χ2v) is 3.94. The highest BCUT2D eigenvalue weighted by atomic mass is 32.1. The second-order valence-electron chi connectivity index (χ2n) is 2.86. The van der Waals surface area contributed by atoms with Gasteiger partial charge in [0.15, 0.2) is 0 Å². The van der Waals surface area contributed by atoms with E-state index in [0.29, 0.717) is 0 Å². The van der Waals surface area contributed by atoms with Gasteiger partial charge in [0.1, 0.15) is 5.01 Å². The molecule has 0 radical (unpaired) electrons. The van der Waals surface area contributed by atoms with E-state index in [1.807, 2.05) is 19.1 Å². The fourth-order valence-electron chi connectivity index (χ4n) is 1.19. The van der Waals surface area contributed by atoms with Crippen LogP contribution >= 0.6 is 11.3 Å². The molecule has 0 saturated heterocycles. The van der Waals surface area contributed by atoms with Crippen molar-refractivity contribution >= 4 is 11.3 Å². The molecule has 0 aromatic carbocycles. The maximum absolute atomic E-state index is 9.48. The number of nitrogens with zero attached hydrogens (tertiary/aromatic N) is 2. The van der Waals surface area contributed by atoms with Gasteiger partial charge in [-0.05, 0) is 18.6 Å². The van der Waals surface area contributed by atoms with Gasteiger partial charge < -0.3 is 5.11 Å². The molecular weight excluding hydrogens is 196 g/mol. The molecule has 0 spiro atoms. The lowest BCUT2D eigenvalue weighted by Crippen LogP contribution is -1.75. The largest absolute Gasteiger partial charge is 0.492 e. The minimum atomic E-state index is 0.157.